The first-order chi connectivity index (χ1) is 5.29. The molecule has 0 saturated heterocycles. The number of ketones is 1. The van der Waals surface area contributed by atoms with Gasteiger partial charge in [0.1, 0.15) is 0 Å². The molecule has 2 heteroatoms. The Hall–Kier alpha value is -0.320. The van der Waals surface area contributed by atoms with E-state index in [0.717, 1.165) is 10.0 Å². The molecule has 1 aromatic rings. The summed E-state index contributed by atoms with van der Waals surface area (Å²) in [5.74, 6) is 0.375. The van der Waals surface area contributed by atoms with E-state index in [0.29, 0.717) is 5.78 Å². The zero-order valence-electron chi connectivity index (χ0n) is 6.33. The molecule has 0 atom stereocenters. The normalized spacial score (nSPS) is 17.0. The van der Waals surface area contributed by atoms with Gasteiger partial charge in [-0.2, -0.15) is 0 Å². The van der Waals surface area contributed by atoms with Crippen LogP contribution in [0.3, 0.4) is 0 Å². The van der Waals surface area contributed by atoms with Gasteiger partial charge in [-0.3, -0.25) is 0 Å². The summed E-state index contributed by atoms with van der Waals surface area (Å²) in [5.41, 5.74) is 1.01. The standard InChI is InChI=1S/C9H9OTe/c1-11-6-8(10)7-4-2-3-5-9(7)11/h2-5H,6H2,1H3/q+1. The van der Waals surface area contributed by atoms with Crippen LogP contribution in [0, 0.1) is 0 Å². The van der Waals surface area contributed by atoms with Crippen LogP contribution in [0.2, 0.25) is 9.44 Å². The Labute approximate surface area is 73.1 Å². The topological polar surface area (TPSA) is 17.1 Å². The zero-order chi connectivity index (χ0) is 7.84. The van der Waals surface area contributed by atoms with E-state index in [2.05, 4.69) is 11.0 Å². The van der Waals surface area contributed by atoms with Crippen LogP contribution in [0.1, 0.15) is 10.4 Å². The van der Waals surface area contributed by atoms with E-state index in [4.69, 9.17) is 0 Å². The second-order valence-corrected chi connectivity index (χ2v) is 8.42. The quantitative estimate of drug-likeness (QED) is 0.641. The third kappa shape index (κ3) is 1.11. The molecule has 2 rings (SSSR count). The number of fused-ring (bicyclic) bond motifs is 1. The monoisotopic (exact) mass is 263 g/mol. The molecular formula is C9H9OTe+. The Morgan fingerprint density at radius 2 is 2.09 bits per heavy atom. The van der Waals surface area contributed by atoms with Crippen molar-refractivity contribution in [2.75, 3.05) is 0 Å². The molecular weight excluding hydrogens is 252 g/mol. The molecule has 0 amide bonds. The first kappa shape index (κ1) is 7.34. The molecule has 0 aliphatic carbocycles. The fourth-order valence-electron chi connectivity index (χ4n) is 1.35. The van der Waals surface area contributed by atoms with Crippen molar-refractivity contribution in [2.45, 2.75) is 9.44 Å². The van der Waals surface area contributed by atoms with Crippen LogP contribution in [0.4, 0.5) is 0 Å². The van der Waals surface area contributed by atoms with Crippen molar-refractivity contribution in [3.05, 3.63) is 29.8 Å². The van der Waals surface area contributed by atoms with Crippen molar-refractivity contribution < 1.29 is 4.79 Å². The fraction of sp³-hybridized carbons (Fsp3) is 0.222. The van der Waals surface area contributed by atoms with Crippen molar-refractivity contribution in [1.29, 1.82) is 0 Å². The Bertz CT molecular complexity index is 306. The molecule has 0 radical (unpaired) electrons. The number of benzene rings is 1. The molecule has 0 N–H and O–H groups in total. The van der Waals surface area contributed by atoms with Gasteiger partial charge in [-0.05, 0) is 0 Å². The molecule has 0 bridgehead atoms. The van der Waals surface area contributed by atoms with Gasteiger partial charge in [0.05, 0.1) is 0 Å². The van der Waals surface area contributed by atoms with Gasteiger partial charge < -0.3 is 0 Å². The van der Waals surface area contributed by atoms with E-state index in [1.807, 2.05) is 18.2 Å². The van der Waals surface area contributed by atoms with Crippen LogP contribution < -0.4 is 3.61 Å². The van der Waals surface area contributed by atoms with E-state index in [-0.39, 0.29) is 0 Å². The average Bonchev–Trinajstić information content (AvgIpc) is 2.30. The van der Waals surface area contributed by atoms with Crippen LogP contribution in [0.25, 0.3) is 0 Å². The molecule has 0 fully saturated rings. The van der Waals surface area contributed by atoms with Crippen molar-refractivity contribution in [1.82, 2.24) is 0 Å². The number of hydrogen-bond donors (Lipinski definition) is 0. The fourth-order valence-corrected chi connectivity index (χ4v) is 5.84. The Morgan fingerprint density at radius 1 is 1.36 bits per heavy atom. The van der Waals surface area contributed by atoms with E-state index >= 15 is 0 Å². The maximum atomic E-state index is 11.3. The molecule has 0 saturated carbocycles. The molecule has 0 unspecified atom stereocenters. The van der Waals surface area contributed by atoms with Gasteiger partial charge in [0.15, 0.2) is 0 Å². The van der Waals surface area contributed by atoms with E-state index in [1.54, 1.807) is 0 Å². The average molecular weight is 261 g/mol. The van der Waals surface area contributed by atoms with Crippen LogP contribution >= 0.6 is 0 Å². The SMILES string of the molecule is C[Te+]1CC(=O)c2ccccc21. The van der Waals surface area contributed by atoms with E-state index in [1.165, 1.54) is 3.61 Å². The van der Waals surface area contributed by atoms with E-state index in [9.17, 15) is 4.79 Å². The van der Waals surface area contributed by atoms with Crippen LogP contribution in [-0.2, 0) is 0 Å². The van der Waals surface area contributed by atoms with Crippen LogP contribution in [0.15, 0.2) is 24.3 Å². The molecule has 1 aromatic carbocycles. The van der Waals surface area contributed by atoms with Crippen molar-refractivity contribution in [2.24, 2.45) is 0 Å². The number of rotatable bonds is 0. The summed E-state index contributed by atoms with van der Waals surface area (Å²) in [6.45, 7) is 0. The van der Waals surface area contributed by atoms with Gasteiger partial charge >= 0.3 is 73.0 Å². The van der Waals surface area contributed by atoms with Gasteiger partial charge in [0.25, 0.3) is 0 Å². The Kier molecular flexibility index (Phi) is 1.75. The molecule has 0 aromatic heterocycles. The van der Waals surface area contributed by atoms with Crippen molar-refractivity contribution >= 4 is 28.9 Å². The summed E-state index contributed by atoms with van der Waals surface area (Å²) >= 11 is -1.14. The van der Waals surface area contributed by atoms with E-state index < -0.39 is 19.6 Å². The Morgan fingerprint density at radius 3 is 2.82 bits per heavy atom. The third-order valence-electron chi connectivity index (χ3n) is 1.91. The molecule has 1 nitrogen and oxygen atoms in total. The molecule has 11 heavy (non-hydrogen) atoms. The molecule has 1 aliphatic heterocycles. The summed E-state index contributed by atoms with van der Waals surface area (Å²) in [5, 5.41) is 0. The predicted octanol–water partition coefficient (Wildman–Crippen LogP) is 1.21. The molecule has 0 spiro atoms. The second kappa shape index (κ2) is 2.62. The first-order valence-corrected chi connectivity index (χ1v) is 8.68. The summed E-state index contributed by atoms with van der Waals surface area (Å²) in [4.78, 5) is 13.6. The summed E-state index contributed by atoms with van der Waals surface area (Å²) in [6.07, 6.45) is 0. The number of carbonyl (C=O) groups is 1. The van der Waals surface area contributed by atoms with Gasteiger partial charge in [-0.1, -0.05) is 0 Å². The van der Waals surface area contributed by atoms with Gasteiger partial charge in [0, 0.05) is 0 Å². The zero-order valence-corrected chi connectivity index (χ0v) is 8.66. The summed E-state index contributed by atoms with van der Waals surface area (Å²) in [7, 11) is 0. The first-order valence-electron chi connectivity index (χ1n) is 3.54. The van der Waals surface area contributed by atoms with Crippen LogP contribution in [-0.4, -0.2) is 25.3 Å². The predicted molar refractivity (Wildman–Crippen MR) is 46.8 cm³/mol. The van der Waals surface area contributed by atoms with Crippen molar-refractivity contribution in [3.8, 4) is 0 Å². The number of carbonyl (C=O) groups excluding carboxylic acids is 1. The van der Waals surface area contributed by atoms with Gasteiger partial charge in [0.2, 0.25) is 0 Å². The molecule has 1 heterocycles. The maximum absolute atomic E-state index is 11.3. The van der Waals surface area contributed by atoms with Crippen molar-refractivity contribution in [3.63, 3.8) is 0 Å². The van der Waals surface area contributed by atoms with Gasteiger partial charge in [-0.15, -0.1) is 0 Å². The molecule has 56 valence electrons. The third-order valence-corrected chi connectivity index (χ3v) is 7.05. The number of Topliss-reactive ketones (excluding diaryl/α,β-unsaturated/α-hetero) is 1. The Balaban J connectivity index is 2.60. The van der Waals surface area contributed by atoms with Gasteiger partial charge in [-0.25, -0.2) is 0 Å². The second-order valence-electron chi connectivity index (χ2n) is 2.70. The molecule has 1 aliphatic rings. The minimum atomic E-state index is -1.14. The summed E-state index contributed by atoms with van der Waals surface area (Å²) in [6, 6.07) is 8.07. The number of hydrogen-bond acceptors (Lipinski definition) is 1. The minimum absolute atomic E-state index is 0.375. The summed E-state index contributed by atoms with van der Waals surface area (Å²) < 4.78 is 2.25. The van der Waals surface area contributed by atoms with Crippen LogP contribution in [0.5, 0.6) is 0 Å².